The highest BCUT2D eigenvalue weighted by molar-refractivity contribution is 14.0. The first-order valence-corrected chi connectivity index (χ1v) is 10.4. The zero-order valence-electron chi connectivity index (χ0n) is 17.6. The molecular weight excluding hydrogens is 461 g/mol. The lowest BCUT2D eigenvalue weighted by Crippen LogP contribution is -2.43. The molecule has 0 bridgehead atoms. The van der Waals surface area contributed by atoms with Crippen molar-refractivity contribution in [2.45, 2.75) is 39.5 Å². The van der Waals surface area contributed by atoms with E-state index in [1.807, 2.05) is 7.05 Å². The Labute approximate surface area is 186 Å². The van der Waals surface area contributed by atoms with Crippen molar-refractivity contribution < 1.29 is 0 Å². The fourth-order valence-electron chi connectivity index (χ4n) is 4.01. The molecule has 1 aromatic carbocycles. The van der Waals surface area contributed by atoms with Crippen molar-refractivity contribution >= 4 is 40.8 Å². The van der Waals surface area contributed by atoms with E-state index in [0.717, 1.165) is 31.4 Å². The van der Waals surface area contributed by atoms with Crippen LogP contribution in [0.1, 0.15) is 37.3 Å². The Balaban J connectivity index is 0.00000280. The number of guanidine groups is 1. The molecule has 5 nitrogen and oxygen atoms in total. The minimum atomic E-state index is 0. The fraction of sp³-hybridized carbons (Fsp3) is 0.591. The number of likely N-dealkylation sites (tertiary alicyclic amines) is 1. The zero-order chi connectivity index (χ0) is 19.1. The molecule has 0 unspecified atom stereocenters. The number of aromatic amines is 1. The molecule has 156 valence electrons. The van der Waals surface area contributed by atoms with Gasteiger partial charge in [-0.15, -0.1) is 24.0 Å². The monoisotopic (exact) mass is 497 g/mol. The van der Waals surface area contributed by atoms with E-state index in [-0.39, 0.29) is 24.0 Å². The Morgan fingerprint density at radius 1 is 1.25 bits per heavy atom. The topological polar surface area (TPSA) is 55.4 Å². The van der Waals surface area contributed by atoms with Crippen molar-refractivity contribution in [2.24, 2.45) is 10.9 Å². The summed E-state index contributed by atoms with van der Waals surface area (Å²) in [7, 11) is 1.85. The number of nitrogens with zero attached hydrogens (tertiary/aromatic N) is 2. The van der Waals surface area contributed by atoms with Gasteiger partial charge >= 0.3 is 0 Å². The predicted molar refractivity (Wildman–Crippen MR) is 131 cm³/mol. The molecule has 1 fully saturated rings. The van der Waals surface area contributed by atoms with Crippen LogP contribution in [0.4, 0.5) is 0 Å². The van der Waals surface area contributed by atoms with Crippen LogP contribution in [0.5, 0.6) is 0 Å². The van der Waals surface area contributed by atoms with Gasteiger partial charge in [0, 0.05) is 37.2 Å². The third kappa shape index (κ3) is 6.37. The number of H-pyrrole nitrogens is 1. The van der Waals surface area contributed by atoms with Crippen LogP contribution in [-0.2, 0) is 6.42 Å². The summed E-state index contributed by atoms with van der Waals surface area (Å²) in [5.74, 6) is 1.68. The molecule has 0 amide bonds. The van der Waals surface area contributed by atoms with Crippen LogP contribution in [0.3, 0.4) is 0 Å². The molecule has 0 saturated carbocycles. The normalized spacial score (nSPS) is 16.2. The second kappa shape index (κ2) is 11.7. The second-order valence-electron chi connectivity index (χ2n) is 7.78. The lowest BCUT2D eigenvalue weighted by Gasteiger charge is -2.32. The molecule has 1 aliphatic heterocycles. The van der Waals surface area contributed by atoms with E-state index >= 15 is 0 Å². The van der Waals surface area contributed by atoms with Gasteiger partial charge in [-0.2, -0.15) is 0 Å². The van der Waals surface area contributed by atoms with Gasteiger partial charge in [-0.25, -0.2) is 0 Å². The van der Waals surface area contributed by atoms with Gasteiger partial charge in [0.2, 0.25) is 0 Å². The van der Waals surface area contributed by atoms with Crippen molar-refractivity contribution in [1.29, 1.82) is 0 Å². The van der Waals surface area contributed by atoms with E-state index < -0.39 is 0 Å². The summed E-state index contributed by atoms with van der Waals surface area (Å²) in [6.07, 6.45) is 6.96. The lowest BCUT2D eigenvalue weighted by atomic mass is 9.97. The molecule has 0 atom stereocenters. The van der Waals surface area contributed by atoms with Crippen LogP contribution in [-0.4, -0.2) is 55.6 Å². The van der Waals surface area contributed by atoms with Gasteiger partial charge < -0.3 is 20.5 Å². The number of halogens is 1. The van der Waals surface area contributed by atoms with E-state index in [4.69, 9.17) is 0 Å². The third-order valence-electron chi connectivity index (χ3n) is 5.64. The number of aromatic nitrogens is 1. The number of rotatable bonds is 7. The SMILES string of the molecule is CCCN1CCC(CNC(=NC)NCCc2c[nH]c3cc(C)ccc23)CC1.I. The van der Waals surface area contributed by atoms with E-state index in [1.54, 1.807) is 0 Å². The Morgan fingerprint density at radius 3 is 2.75 bits per heavy atom. The van der Waals surface area contributed by atoms with E-state index in [9.17, 15) is 0 Å². The molecule has 1 saturated heterocycles. The quantitative estimate of drug-likeness (QED) is 0.309. The smallest absolute Gasteiger partial charge is 0.190 e. The summed E-state index contributed by atoms with van der Waals surface area (Å²) in [5, 5.41) is 8.31. The predicted octanol–water partition coefficient (Wildman–Crippen LogP) is 3.92. The van der Waals surface area contributed by atoms with Crippen molar-refractivity contribution in [3.05, 3.63) is 35.5 Å². The zero-order valence-corrected chi connectivity index (χ0v) is 19.9. The van der Waals surface area contributed by atoms with Crippen LogP contribution < -0.4 is 10.6 Å². The molecule has 0 aliphatic carbocycles. The number of hydrogen-bond acceptors (Lipinski definition) is 2. The average Bonchev–Trinajstić information content (AvgIpc) is 3.08. The minimum Gasteiger partial charge on any atom is -0.361 e. The van der Waals surface area contributed by atoms with Crippen molar-refractivity contribution in [1.82, 2.24) is 20.5 Å². The number of piperidine rings is 1. The molecule has 6 heteroatoms. The van der Waals surface area contributed by atoms with Gasteiger partial charge in [0.15, 0.2) is 5.96 Å². The minimum absolute atomic E-state index is 0. The Bertz CT molecular complexity index is 746. The number of hydrogen-bond donors (Lipinski definition) is 3. The Hall–Kier alpha value is -1.28. The van der Waals surface area contributed by atoms with Crippen molar-refractivity contribution in [3.63, 3.8) is 0 Å². The maximum Gasteiger partial charge on any atom is 0.190 e. The van der Waals surface area contributed by atoms with Gasteiger partial charge in [-0.1, -0.05) is 19.1 Å². The number of aryl methyl sites for hydroxylation is 1. The van der Waals surface area contributed by atoms with Crippen molar-refractivity contribution in [2.75, 3.05) is 39.8 Å². The van der Waals surface area contributed by atoms with E-state index in [2.05, 4.69) is 63.8 Å². The van der Waals surface area contributed by atoms with E-state index in [0.29, 0.717) is 0 Å². The highest BCUT2D eigenvalue weighted by Gasteiger charge is 2.18. The number of nitrogens with one attached hydrogen (secondary N) is 3. The van der Waals surface area contributed by atoms with E-state index in [1.165, 1.54) is 60.9 Å². The second-order valence-corrected chi connectivity index (χ2v) is 7.78. The van der Waals surface area contributed by atoms with Gasteiger partial charge in [-0.05, 0) is 75.4 Å². The molecule has 2 aromatic rings. The molecule has 2 heterocycles. The summed E-state index contributed by atoms with van der Waals surface area (Å²) in [4.78, 5) is 10.4. The molecule has 1 aromatic heterocycles. The average molecular weight is 497 g/mol. The fourth-order valence-corrected chi connectivity index (χ4v) is 4.01. The molecule has 28 heavy (non-hydrogen) atoms. The maximum atomic E-state index is 4.39. The standard InChI is InChI=1S/C22H35N5.HI/c1-4-11-27-12-8-18(9-13-27)15-26-22(23-3)24-10-7-19-16-25-21-14-17(2)5-6-20(19)21;/h5-6,14,16,18,25H,4,7-13,15H2,1-3H3,(H2,23,24,26);1H. The first-order valence-electron chi connectivity index (χ1n) is 10.4. The number of aliphatic imine (C=N–C) groups is 1. The molecular formula is C22H36IN5. The molecule has 1 aliphatic rings. The highest BCUT2D eigenvalue weighted by atomic mass is 127. The summed E-state index contributed by atoms with van der Waals surface area (Å²) in [6, 6.07) is 6.60. The van der Waals surface area contributed by atoms with Gasteiger partial charge in [0.25, 0.3) is 0 Å². The summed E-state index contributed by atoms with van der Waals surface area (Å²) in [5.41, 5.74) is 3.87. The largest absolute Gasteiger partial charge is 0.361 e. The summed E-state index contributed by atoms with van der Waals surface area (Å²) < 4.78 is 0. The maximum absolute atomic E-state index is 4.39. The van der Waals surface area contributed by atoms with Gasteiger partial charge in [0.05, 0.1) is 0 Å². The van der Waals surface area contributed by atoms with Crippen LogP contribution in [0.2, 0.25) is 0 Å². The lowest BCUT2D eigenvalue weighted by molar-refractivity contribution is 0.185. The summed E-state index contributed by atoms with van der Waals surface area (Å²) >= 11 is 0. The van der Waals surface area contributed by atoms with Crippen LogP contribution in [0, 0.1) is 12.8 Å². The van der Waals surface area contributed by atoms with Crippen molar-refractivity contribution in [3.8, 4) is 0 Å². The Kier molecular flexibility index (Phi) is 9.58. The third-order valence-corrected chi connectivity index (χ3v) is 5.64. The first kappa shape index (κ1) is 23.0. The first-order chi connectivity index (χ1) is 13.2. The molecule has 3 N–H and O–H groups in total. The Morgan fingerprint density at radius 2 is 2.04 bits per heavy atom. The number of fused-ring (bicyclic) bond motifs is 1. The molecule has 0 radical (unpaired) electrons. The van der Waals surface area contributed by atoms with Gasteiger partial charge in [0.1, 0.15) is 0 Å². The number of benzene rings is 1. The van der Waals surface area contributed by atoms with Crippen LogP contribution in [0.15, 0.2) is 29.4 Å². The van der Waals surface area contributed by atoms with Crippen LogP contribution in [0.25, 0.3) is 10.9 Å². The van der Waals surface area contributed by atoms with Gasteiger partial charge in [-0.3, -0.25) is 4.99 Å². The van der Waals surface area contributed by atoms with Crippen LogP contribution >= 0.6 is 24.0 Å². The molecule has 0 spiro atoms. The summed E-state index contributed by atoms with van der Waals surface area (Å²) in [6.45, 7) is 10.0. The highest BCUT2D eigenvalue weighted by Crippen LogP contribution is 2.19. The molecule has 3 rings (SSSR count).